The molecule has 1 aliphatic heterocycles. The summed E-state index contributed by atoms with van der Waals surface area (Å²) in [5.74, 6) is -1.62. The molecule has 5 atom stereocenters. The van der Waals surface area contributed by atoms with Crippen molar-refractivity contribution in [1.82, 2.24) is 9.88 Å². The van der Waals surface area contributed by atoms with Gasteiger partial charge in [-0.2, -0.15) is 0 Å². The van der Waals surface area contributed by atoms with Gasteiger partial charge in [-0.05, 0) is 66.4 Å². The maximum atomic E-state index is 14.6. The molecule has 10 heteroatoms. The minimum absolute atomic E-state index is 0.153. The van der Waals surface area contributed by atoms with Crippen molar-refractivity contribution in [3.63, 3.8) is 0 Å². The molecule has 2 heterocycles. The van der Waals surface area contributed by atoms with Crippen LogP contribution in [0.25, 0.3) is 0 Å². The number of rotatable bonds is 10. The van der Waals surface area contributed by atoms with E-state index in [1.807, 2.05) is 19.1 Å². The summed E-state index contributed by atoms with van der Waals surface area (Å²) in [5, 5.41) is 1.05. The minimum Gasteiger partial charge on any atom is -0.464 e. The third-order valence-corrected chi connectivity index (χ3v) is 7.35. The predicted octanol–water partition coefficient (Wildman–Crippen LogP) is 6.43. The van der Waals surface area contributed by atoms with E-state index in [-0.39, 0.29) is 6.61 Å². The highest BCUT2D eigenvalue weighted by atomic mass is 35.5. The molecule has 1 fully saturated rings. The van der Waals surface area contributed by atoms with E-state index < -0.39 is 48.2 Å². The van der Waals surface area contributed by atoms with Crippen LogP contribution in [-0.2, 0) is 28.6 Å². The van der Waals surface area contributed by atoms with E-state index in [9.17, 15) is 14.4 Å². The van der Waals surface area contributed by atoms with Gasteiger partial charge in [-0.3, -0.25) is 14.6 Å². The molecule has 1 saturated heterocycles. The highest BCUT2D eigenvalue weighted by Gasteiger charge is 2.52. The first kappa shape index (κ1) is 30.5. The number of amides is 1. The molecule has 0 spiro atoms. The van der Waals surface area contributed by atoms with Gasteiger partial charge in [0.25, 0.3) is 5.91 Å². The maximum absolute atomic E-state index is 14.6. The summed E-state index contributed by atoms with van der Waals surface area (Å²) in [4.78, 5) is 45.9. The topological polar surface area (TPSA) is 95.0 Å². The van der Waals surface area contributed by atoms with Crippen molar-refractivity contribution >= 4 is 41.0 Å². The second-order valence-corrected chi connectivity index (χ2v) is 10.5. The van der Waals surface area contributed by atoms with Gasteiger partial charge in [-0.15, -0.1) is 0 Å². The molecule has 0 aliphatic carbocycles. The number of carbonyl (C=O) groups is 3. The first-order valence-electron chi connectivity index (χ1n) is 13.5. The Bertz CT molecular complexity index is 1340. The maximum Gasteiger partial charge on any atom is 0.328 e. The Morgan fingerprint density at radius 3 is 2.07 bits per heavy atom. The molecule has 1 aromatic heterocycles. The van der Waals surface area contributed by atoms with Crippen LogP contribution < -0.4 is 0 Å². The summed E-state index contributed by atoms with van der Waals surface area (Å²) >= 11 is 12.4. The number of hydrogen-bond acceptors (Lipinski definition) is 7. The monoisotopic (exact) mass is 598 g/mol. The average Bonchev–Trinajstić information content (AvgIpc) is 2.96. The van der Waals surface area contributed by atoms with Crippen LogP contribution in [0.4, 0.5) is 0 Å². The third kappa shape index (κ3) is 7.07. The zero-order chi connectivity index (χ0) is 29.5. The Hall–Kier alpha value is -3.46. The smallest absolute Gasteiger partial charge is 0.328 e. The van der Waals surface area contributed by atoms with Gasteiger partial charge in [0.15, 0.2) is 12.2 Å². The standard InChI is InChI=1S/C31H32Cl2N2O6/c1-4-6-25(31(38)39-5-2)35-26(20-7-11-23(32)12-8-20)27(21-9-13-24(33)14-10-21)41-29(30(35)37)28(40-19(3)36)22-15-17-34-18-16-22/h7-18,25-29H,4-6H2,1-3H3/t25-,26-,27+,28?,29+/m0/s1. The first-order valence-corrected chi connectivity index (χ1v) is 14.2. The van der Waals surface area contributed by atoms with Gasteiger partial charge in [0.2, 0.25) is 0 Å². The van der Waals surface area contributed by atoms with Crippen molar-refractivity contribution in [2.75, 3.05) is 6.61 Å². The van der Waals surface area contributed by atoms with Crippen molar-refractivity contribution in [1.29, 1.82) is 0 Å². The van der Waals surface area contributed by atoms with Gasteiger partial charge in [-0.1, -0.05) is 60.8 Å². The zero-order valence-electron chi connectivity index (χ0n) is 23.0. The summed E-state index contributed by atoms with van der Waals surface area (Å²) < 4.78 is 17.8. The minimum atomic E-state index is -1.28. The fourth-order valence-electron chi connectivity index (χ4n) is 5.10. The highest BCUT2D eigenvalue weighted by molar-refractivity contribution is 6.30. The number of aromatic nitrogens is 1. The number of nitrogens with zero attached hydrogens (tertiary/aromatic N) is 2. The summed E-state index contributed by atoms with van der Waals surface area (Å²) in [6, 6.07) is 15.8. The van der Waals surface area contributed by atoms with Crippen molar-refractivity contribution in [2.24, 2.45) is 0 Å². The number of benzene rings is 2. The lowest BCUT2D eigenvalue weighted by Crippen LogP contribution is -2.58. The fourth-order valence-corrected chi connectivity index (χ4v) is 5.35. The number of carbonyl (C=O) groups excluding carboxylic acids is 3. The van der Waals surface area contributed by atoms with Crippen LogP contribution in [0.3, 0.4) is 0 Å². The van der Waals surface area contributed by atoms with E-state index >= 15 is 0 Å². The number of esters is 2. The normalized spacial score (nSPS) is 20.3. The van der Waals surface area contributed by atoms with E-state index in [1.165, 1.54) is 11.8 Å². The third-order valence-electron chi connectivity index (χ3n) is 6.85. The molecule has 3 aromatic rings. The lowest BCUT2D eigenvalue weighted by atomic mass is 9.88. The van der Waals surface area contributed by atoms with E-state index in [0.29, 0.717) is 39.6 Å². The molecule has 0 radical (unpaired) electrons. The molecule has 0 bridgehead atoms. The number of hydrogen-bond donors (Lipinski definition) is 0. The molecule has 2 aromatic carbocycles. The molecule has 8 nitrogen and oxygen atoms in total. The van der Waals surface area contributed by atoms with Crippen LogP contribution in [0.15, 0.2) is 73.1 Å². The molecule has 1 amide bonds. The van der Waals surface area contributed by atoms with E-state index in [0.717, 1.165) is 0 Å². The SMILES string of the molecule is CCC[C@@H](C(=O)OCC)N1C(=O)[C@@H](C(OC(C)=O)c2ccncc2)O[C@H](c2ccc(Cl)cc2)[C@@H]1c1ccc(Cl)cc1. The van der Waals surface area contributed by atoms with Crippen molar-refractivity contribution in [3.05, 3.63) is 99.8 Å². The molecule has 0 saturated carbocycles. The summed E-state index contributed by atoms with van der Waals surface area (Å²) in [6.07, 6.45) is 0.892. The first-order chi connectivity index (χ1) is 19.7. The Kier molecular flexibility index (Phi) is 10.4. The highest BCUT2D eigenvalue weighted by Crippen LogP contribution is 2.46. The van der Waals surface area contributed by atoms with Crippen molar-refractivity contribution in [2.45, 2.75) is 64.0 Å². The van der Waals surface area contributed by atoms with Crippen molar-refractivity contribution in [3.8, 4) is 0 Å². The van der Waals surface area contributed by atoms with Crippen LogP contribution >= 0.6 is 23.2 Å². The second-order valence-electron chi connectivity index (χ2n) is 9.64. The van der Waals surface area contributed by atoms with E-state index in [4.69, 9.17) is 37.4 Å². The molecular formula is C31H32Cl2N2O6. The number of ether oxygens (including phenoxy) is 3. The Balaban J connectivity index is 1.94. The lowest BCUT2D eigenvalue weighted by molar-refractivity contribution is -0.203. The quantitative estimate of drug-likeness (QED) is 0.248. The van der Waals surface area contributed by atoms with E-state index in [2.05, 4.69) is 4.98 Å². The predicted molar refractivity (Wildman–Crippen MR) is 154 cm³/mol. The number of morpholine rings is 1. The van der Waals surface area contributed by atoms with Crippen LogP contribution in [0.2, 0.25) is 10.0 Å². The van der Waals surface area contributed by atoms with Crippen LogP contribution in [0.5, 0.6) is 0 Å². The summed E-state index contributed by atoms with van der Waals surface area (Å²) in [6.45, 7) is 5.07. The van der Waals surface area contributed by atoms with Crippen molar-refractivity contribution < 1.29 is 28.6 Å². The van der Waals surface area contributed by atoms with Gasteiger partial charge in [-0.25, -0.2) is 4.79 Å². The number of pyridine rings is 1. The van der Waals surface area contributed by atoms with E-state index in [1.54, 1.807) is 67.8 Å². The summed E-state index contributed by atoms with van der Waals surface area (Å²) in [5.41, 5.74) is 1.95. The van der Waals surface area contributed by atoms with Gasteiger partial charge >= 0.3 is 11.9 Å². The molecule has 4 rings (SSSR count). The Morgan fingerprint density at radius 1 is 0.951 bits per heavy atom. The summed E-state index contributed by atoms with van der Waals surface area (Å²) in [7, 11) is 0. The molecular weight excluding hydrogens is 567 g/mol. The fraction of sp³-hybridized carbons (Fsp3) is 0.355. The molecule has 41 heavy (non-hydrogen) atoms. The van der Waals surface area contributed by atoms with Gasteiger partial charge in [0.1, 0.15) is 12.1 Å². The Morgan fingerprint density at radius 2 is 1.54 bits per heavy atom. The largest absolute Gasteiger partial charge is 0.464 e. The molecule has 1 unspecified atom stereocenters. The Labute approximate surface area is 249 Å². The average molecular weight is 600 g/mol. The lowest BCUT2D eigenvalue weighted by Gasteiger charge is -2.48. The van der Waals surface area contributed by atoms with Crippen LogP contribution in [-0.4, -0.2) is 46.5 Å². The number of halogens is 2. The van der Waals surface area contributed by atoms with Gasteiger partial charge in [0, 0.05) is 29.4 Å². The van der Waals surface area contributed by atoms with Crippen LogP contribution in [0, 0.1) is 0 Å². The molecule has 216 valence electrons. The second kappa shape index (κ2) is 13.9. The van der Waals surface area contributed by atoms with Crippen LogP contribution in [0.1, 0.15) is 68.6 Å². The molecule has 0 N–H and O–H groups in total. The molecule has 1 aliphatic rings. The van der Waals surface area contributed by atoms with Gasteiger partial charge < -0.3 is 19.1 Å². The van der Waals surface area contributed by atoms with Gasteiger partial charge in [0.05, 0.1) is 12.6 Å². The zero-order valence-corrected chi connectivity index (χ0v) is 24.5.